The molecule has 0 N–H and O–H groups in total. The molecule has 0 bridgehead atoms. The Balaban J connectivity index is 2.19. The number of aromatic nitrogens is 1. The van der Waals surface area contributed by atoms with Crippen LogP contribution in [-0.2, 0) is 0 Å². The van der Waals surface area contributed by atoms with Crippen LogP contribution in [0.2, 0.25) is 0 Å². The topological polar surface area (TPSA) is 30.0 Å². The number of ketones is 1. The van der Waals surface area contributed by atoms with E-state index in [1.807, 2.05) is 35.8 Å². The molecule has 3 aromatic heterocycles. The highest BCUT2D eigenvalue weighted by Crippen LogP contribution is 2.35. The highest BCUT2D eigenvalue weighted by atomic mass is 32.1. The molecule has 0 aliphatic rings. The fourth-order valence-corrected chi connectivity index (χ4v) is 3.62. The van der Waals surface area contributed by atoms with Crippen LogP contribution in [0.4, 0.5) is 0 Å². The zero-order chi connectivity index (χ0) is 11.8. The lowest BCUT2D eigenvalue weighted by molar-refractivity contribution is 0.102. The maximum atomic E-state index is 11.3. The third kappa shape index (κ3) is 1.79. The molecule has 84 valence electrons. The summed E-state index contributed by atoms with van der Waals surface area (Å²) in [6, 6.07) is 7.93. The van der Waals surface area contributed by atoms with Crippen molar-refractivity contribution in [3.8, 4) is 10.4 Å². The van der Waals surface area contributed by atoms with Gasteiger partial charge < -0.3 is 0 Å². The van der Waals surface area contributed by atoms with Crippen LogP contribution in [-0.4, -0.2) is 10.8 Å². The van der Waals surface area contributed by atoms with Crippen molar-refractivity contribution >= 4 is 38.7 Å². The van der Waals surface area contributed by atoms with Gasteiger partial charge in [-0.1, -0.05) is 0 Å². The van der Waals surface area contributed by atoms with Gasteiger partial charge in [0.2, 0.25) is 0 Å². The first-order chi connectivity index (χ1) is 8.25. The van der Waals surface area contributed by atoms with E-state index in [0.29, 0.717) is 0 Å². The first-order valence-corrected chi connectivity index (χ1v) is 6.88. The highest BCUT2D eigenvalue weighted by molar-refractivity contribution is 7.20. The fourth-order valence-electron chi connectivity index (χ4n) is 1.74. The molecule has 3 rings (SSSR count). The summed E-state index contributed by atoms with van der Waals surface area (Å²) in [6.07, 6.45) is 1.82. The highest BCUT2D eigenvalue weighted by Gasteiger charge is 2.10. The Morgan fingerprint density at radius 2 is 2.12 bits per heavy atom. The number of carbonyl (C=O) groups excluding carboxylic acids is 1. The van der Waals surface area contributed by atoms with Crippen LogP contribution in [0.25, 0.3) is 20.7 Å². The average Bonchev–Trinajstić information content (AvgIpc) is 2.97. The third-order valence-corrected chi connectivity index (χ3v) is 4.72. The quantitative estimate of drug-likeness (QED) is 0.645. The fraction of sp³-hybridized carbons (Fsp3) is 0.0769. The van der Waals surface area contributed by atoms with Crippen LogP contribution >= 0.6 is 22.7 Å². The zero-order valence-corrected chi connectivity index (χ0v) is 10.8. The Morgan fingerprint density at radius 3 is 2.88 bits per heavy atom. The maximum Gasteiger partial charge on any atom is 0.169 e. The van der Waals surface area contributed by atoms with Crippen molar-refractivity contribution in [2.75, 3.05) is 0 Å². The van der Waals surface area contributed by atoms with Crippen LogP contribution < -0.4 is 0 Å². The van der Waals surface area contributed by atoms with Crippen molar-refractivity contribution in [3.63, 3.8) is 0 Å². The van der Waals surface area contributed by atoms with Crippen LogP contribution in [0.15, 0.2) is 35.8 Å². The van der Waals surface area contributed by atoms with Gasteiger partial charge in [0.05, 0.1) is 15.1 Å². The largest absolute Gasteiger partial charge is 0.294 e. The smallest absolute Gasteiger partial charge is 0.169 e. The first kappa shape index (κ1) is 10.6. The molecule has 0 atom stereocenters. The van der Waals surface area contributed by atoms with Gasteiger partial charge in [-0.2, -0.15) is 0 Å². The van der Waals surface area contributed by atoms with Crippen molar-refractivity contribution in [1.29, 1.82) is 0 Å². The molecule has 0 saturated carbocycles. The van der Waals surface area contributed by atoms with Gasteiger partial charge in [0.25, 0.3) is 0 Å². The van der Waals surface area contributed by atoms with E-state index in [-0.39, 0.29) is 5.78 Å². The Hall–Kier alpha value is -1.52. The Kier molecular flexibility index (Phi) is 2.53. The van der Waals surface area contributed by atoms with Gasteiger partial charge in [0.1, 0.15) is 0 Å². The lowest BCUT2D eigenvalue weighted by Crippen LogP contribution is -1.83. The minimum atomic E-state index is 0.123. The third-order valence-electron chi connectivity index (χ3n) is 2.56. The van der Waals surface area contributed by atoms with E-state index in [4.69, 9.17) is 0 Å². The van der Waals surface area contributed by atoms with E-state index in [1.165, 1.54) is 10.3 Å². The molecule has 0 aromatic carbocycles. The Morgan fingerprint density at radius 1 is 1.24 bits per heavy atom. The van der Waals surface area contributed by atoms with E-state index in [0.717, 1.165) is 15.3 Å². The molecule has 0 spiro atoms. The summed E-state index contributed by atoms with van der Waals surface area (Å²) in [5, 5.41) is 2.04. The van der Waals surface area contributed by atoms with Crippen LogP contribution in [0, 0.1) is 0 Å². The molecule has 0 radical (unpaired) electrons. The van der Waals surface area contributed by atoms with Gasteiger partial charge in [-0.05, 0) is 36.6 Å². The molecule has 0 aliphatic carbocycles. The van der Waals surface area contributed by atoms with Crippen molar-refractivity contribution < 1.29 is 4.79 Å². The Labute approximate surface area is 107 Å². The summed E-state index contributed by atoms with van der Waals surface area (Å²) in [4.78, 5) is 17.6. The van der Waals surface area contributed by atoms with E-state index in [2.05, 4.69) is 4.98 Å². The molecule has 2 nitrogen and oxygen atoms in total. The van der Waals surface area contributed by atoms with Gasteiger partial charge in [-0.25, -0.2) is 0 Å². The molecule has 4 heteroatoms. The standard InChI is InChI=1S/C13H9NOS2/c1-8(15)11-2-3-12(17-11)9-4-6-14-10-5-7-16-13(9)10/h2-7H,1H3. The predicted molar refractivity (Wildman–Crippen MR) is 72.9 cm³/mol. The van der Waals surface area contributed by atoms with E-state index in [9.17, 15) is 4.79 Å². The summed E-state index contributed by atoms with van der Waals surface area (Å²) < 4.78 is 1.18. The second kappa shape index (κ2) is 4.05. The number of hydrogen-bond donors (Lipinski definition) is 0. The minimum absolute atomic E-state index is 0.123. The lowest BCUT2D eigenvalue weighted by Gasteiger charge is -1.98. The monoisotopic (exact) mass is 259 g/mol. The number of rotatable bonds is 2. The van der Waals surface area contributed by atoms with Gasteiger partial charge in [0.15, 0.2) is 5.78 Å². The molecule has 0 fully saturated rings. The second-order valence-corrected chi connectivity index (χ2v) is 5.71. The van der Waals surface area contributed by atoms with Gasteiger partial charge in [0, 0.05) is 16.6 Å². The summed E-state index contributed by atoms with van der Waals surface area (Å²) >= 11 is 3.23. The number of pyridine rings is 1. The summed E-state index contributed by atoms with van der Waals surface area (Å²) in [5.41, 5.74) is 2.19. The van der Waals surface area contributed by atoms with Crippen LogP contribution in [0.3, 0.4) is 0 Å². The van der Waals surface area contributed by atoms with Crippen molar-refractivity contribution in [3.05, 3.63) is 40.7 Å². The van der Waals surface area contributed by atoms with Gasteiger partial charge in [-0.15, -0.1) is 22.7 Å². The molecule has 0 saturated heterocycles. The molecule has 0 amide bonds. The number of hydrogen-bond acceptors (Lipinski definition) is 4. The van der Waals surface area contributed by atoms with E-state index < -0.39 is 0 Å². The minimum Gasteiger partial charge on any atom is -0.294 e. The van der Waals surface area contributed by atoms with Gasteiger partial charge in [-0.3, -0.25) is 9.78 Å². The number of carbonyl (C=O) groups is 1. The molecule has 0 unspecified atom stereocenters. The number of thiophene rings is 2. The second-order valence-electron chi connectivity index (χ2n) is 3.71. The molecule has 0 aliphatic heterocycles. The summed E-state index contributed by atoms with van der Waals surface area (Å²) in [6.45, 7) is 1.60. The SMILES string of the molecule is CC(=O)c1ccc(-c2ccnc3ccsc23)s1. The first-order valence-electron chi connectivity index (χ1n) is 5.19. The number of Topliss-reactive ketones (excluding diaryl/α,β-unsaturated/α-hetero) is 1. The number of nitrogens with zero attached hydrogens (tertiary/aromatic N) is 1. The van der Waals surface area contributed by atoms with Crippen molar-refractivity contribution in [2.24, 2.45) is 0 Å². The van der Waals surface area contributed by atoms with E-state index >= 15 is 0 Å². The molecular formula is C13H9NOS2. The normalized spacial score (nSPS) is 10.9. The molecular weight excluding hydrogens is 250 g/mol. The van der Waals surface area contributed by atoms with Crippen LogP contribution in [0.1, 0.15) is 16.6 Å². The van der Waals surface area contributed by atoms with Crippen molar-refractivity contribution in [1.82, 2.24) is 4.98 Å². The van der Waals surface area contributed by atoms with Gasteiger partial charge >= 0.3 is 0 Å². The Bertz CT molecular complexity index is 696. The zero-order valence-electron chi connectivity index (χ0n) is 9.14. The predicted octanol–water partition coefficient (Wildman–Crippen LogP) is 4.23. The molecule has 3 aromatic rings. The summed E-state index contributed by atoms with van der Waals surface area (Å²) in [5.74, 6) is 0.123. The van der Waals surface area contributed by atoms with E-state index in [1.54, 1.807) is 29.6 Å². The maximum absolute atomic E-state index is 11.3. The molecule has 17 heavy (non-hydrogen) atoms. The lowest BCUT2D eigenvalue weighted by atomic mass is 10.2. The average molecular weight is 259 g/mol. The number of fused-ring (bicyclic) bond motifs is 1. The molecule has 3 heterocycles. The van der Waals surface area contributed by atoms with Crippen LogP contribution in [0.5, 0.6) is 0 Å². The summed E-state index contributed by atoms with van der Waals surface area (Å²) in [7, 11) is 0. The van der Waals surface area contributed by atoms with Crippen molar-refractivity contribution in [2.45, 2.75) is 6.92 Å².